The quantitative estimate of drug-likeness (QED) is 0.514. The van der Waals surface area contributed by atoms with Gasteiger partial charge in [0.15, 0.2) is 0 Å². The van der Waals surface area contributed by atoms with Crippen LogP contribution in [-0.4, -0.2) is 55.1 Å². The second-order valence-electron chi connectivity index (χ2n) is 9.81. The van der Waals surface area contributed by atoms with E-state index >= 15 is 0 Å². The molecule has 4 aliphatic rings. The molecule has 0 aromatic rings. The summed E-state index contributed by atoms with van der Waals surface area (Å²) in [6.45, 7) is 6.14. The zero-order valence-electron chi connectivity index (χ0n) is 17.1. The van der Waals surface area contributed by atoms with E-state index in [1.54, 1.807) is 6.08 Å². The molecule has 2 N–H and O–H groups in total. The number of rotatable bonds is 4. The smallest absolute Gasteiger partial charge is 0.397 e. The van der Waals surface area contributed by atoms with Crippen LogP contribution in [0.5, 0.6) is 0 Å². The number of ether oxygens (including phenoxy) is 2. The molecule has 2 heterocycles. The summed E-state index contributed by atoms with van der Waals surface area (Å²) in [6, 6.07) is 0. The summed E-state index contributed by atoms with van der Waals surface area (Å²) in [4.78, 5) is 12.1. The van der Waals surface area contributed by atoms with Gasteiger partial charge in [0.05, 0.1) is 30.0 Å². The van der Waals surface area contributed by atoms with Crippen molar-refractivity contribution in [3.8, 4) is 0 Å². The number of cyclic esters (lactones) is 1. The maximum absolute atomic E-state index is 12.1. The van der Waals surface area contributed by atoms with Crippen molar-refractivity contribution in [2.45, 2.75) is 70.7 Å². The molecule has 29 heavy (non-hydrogen) atoms. The van der Waals surface area contributed by atoms with Gasteiger partial charge < -0.3 is 14.6 Å². The maximum atomic E-state index is 12.1. The Morgan fingerprint density at radius 1 is 1.21 bits per heavy atom. The summed E-state index contributed by atoms with van der Waals surface area (Å²) in [6.07, 6.45) is 4.23. The standard InChI is InChI=1S/C20H30O8S/c1-18-7-5-16(21)19(2,11-27-29(23,24)25)14(18)4-8-20(3)15(18)10-13(28-20)12-6-9-26-17(12)22/h6,13-16,21H,4-5,7-11H2,1-3H3,(H,23,24,25)/t13-,14-,15-,16+,18+,19-,20-/m0/s1. The Morgan fingerprint density at radius 3 is 2.55 bits per heavy atom. The van der Waals surface area contributed by atoms with Crippen molar-refractivity contribution in [2.75, 3.05) is 13.2 Å². The average molecular weight is 431 g/mol. The summed E-state index contributed by atoms with van der Waals surface area (Å²) in [7, 11) is -4.59. The Bertz CT molecular complexity index is 837. The number of carbonyl (C=O) groups excluding carboxylic acids is 1. The number of hydrogen-bond donors (Lipinski definition) is 2. The van der Waals surface area contributed by atoms with E-state index in [0.717, 1.165) is 19.3 Å². The third-order valence-corrected chi connectivity index (χ3v) is 8.67. The fraction of sp³-hybridized carbons (Fsp3) is 0.850. The van der Waals surface area contributed by atoms with E-state index in [2.05, 4.69) is 13.8 Å². The minimum Gasteiger partial charge on any atom is -0.458 e. The zero-order valence-corrected chi connectivity index (χ0v) is 17.9. The molecule has 0 amide bonds. The summed E-state index contributed by atoms with van der Waals surface area (Å²) >= 11 is 0. The van der Waals surface area contributed by atoms with Gasteiger partial charge in [0.1, 0.15) is 6.61 Å². The van der Waals surface area contributed by atoms with Crippen LogP contribution < -0.4 is 0 Å². The van der Waals surface area contributed by atoms with Crippen LogP contribution in [0.2, 0.25) is 0 Å². The van der Waals surface area contributed by atoms with E-state index < -0.39 is 27.5 Å². The number of carbonyl (C=O) groups is 1. The van der Waals surface area contributed by atoms with Crippen LogP contribution >= 0.6 is 0 Å². The third-order valence-electron chi connectivity index (χ3n) is 8.25. The molecular formula is C20H30O8S. The van der Waals surface area contributed by atoms with Gasteiger partial charge in [-0.05, 0) is 62.4 Å². The van der Waals surface area contributed by atoms with E-state index in [1.165, 1.54) is 0 Å². The van der Waals surface area contributed by atoms with Gasteiger partial charge in [-0.3, -0.25) is 4.55 Å². The molecule has 2 aliphatic heterocycles. The lowest BCUT2D eigenvalue weighted by molar-refractivity contribution is -0.194. The predicted octanol–water partition coefficient (Wildman–Crippen LogP) is 2.03. The molecule has 7 atom stereocenters. The molecule has 9 heteroatoms. The van der Waals surface area contributed by atoms with E-state index in [-0.39, 0.29) is 42.5 Å². The second kappa shape index (κ2) is 6.75. The molecule has 1 saturated heterocycles. The van der Waals surface area contributed by atoms with Crippen LogP contribution in [0, 0.1) is 22.7 Å². The topological polar surface area (TPSA) is 119 Å². The first-order valence-electron chi connectivity index (χ1n) is 10.2. The fourth-order valence-electron chi connectivity index (χ4n) is 6.79. The van der Waals surface area contributed by atoms with Crippen molar-refractivity contribution in [1.29, 1.82) is 0 Å². The van der Waals surface area contributed by atoms with Gasteiger partial charge >= 0.3 is 16.4 Å². The van der Waals surface area contributed by atoms with Crippen molar-refractivity contribution in [2.24, 2.45) is 22.7 Å². The summed E-state index contributed by atoms with van der Waals surface area (Å²) in [5, 5.41) is 10.8. The van der Waals surface area contributed by atoms with Gasteiger partial charge in [-0.25, -0.2) is 8.98 Å². The van der Waals surface area contributed by atoms with Gasteiger partial charge in [-0.1, -0.05) is 13.8 Å². The molecule has 2 aliphatic carbocycles. The molecule has 3 fully saturated rings. The lowest BCUT2D eigenvalue weighted by atomic mass is 9.44. The van der Waals surface area contributed by atoms with Crippen LogP contribution in [-0.2, 0) is 28.9 Å². The van der Waals surface area contributed by atoms with Crippen molar-refractivity contribution < 1.29 is 36.5 Å². The van der Waals surface area contributed by atoms with Gasteiger partial charge in [-0.15, -0.1) is 0 Å². The molecule has 0 unspecified atom stereocenters. The highest BCUT2D eigenvalue weighted by atomic mass is 32.3. The first-order chi connectivity index (χ1) is 13.4. The van der Waals surface area contributed by atoms with Crippen molar-refractivity contribution >= 4 is 16.4 Å². The van der Waals surface area contributed by atoms with E-state index in [9.17, 15) is 18.3 Å². The molecule has 2 saturated carbocycles. The summed E-state index contributed by atoms with van der Waals surface area (Å²) in [5.41, 5.74) is -0.837. The number of esters is 1. The highest BCUT2D eigenvalue weighted by Crippen LogP contribution is 2.66. The highest BCUT2D eigenvalue weighted by molar-refractivity contribution is 7.80. The molecule has 0 radical (unpaired) electrons. The lowest BCUT2D eigenvalue weighted by Crippen LogP contribution is -2.61. The minimum atomic E-state index is -4.59. The largest absolute Gasteiger partial charge is 0.458 e. The van der Waals surface area contributed by atoms with Crippen LogP contribution in [0.4, 0.5) is 0 Å². The van der Waals surface area contributed by atoms with Crippen molar-refractivity contribution in [1.82, 2.24) is 0 Å². The van der Waals surface area contributed by atoms with Crippen LogP contribution in [0.15, 0.2) is 11.6 Å². The molecule has 8 nitrogen and oxygen atoms in total. The van der Waals surface area contributed by atoms with Gasteiger partial charge in [0.25, 0.3) is 0 Å². The van der Waals surface area contributed by atoms with E-state index in [4.69, 9.17) is 18.2 Å². The second-order valence-corrected chi connectivity index (χ2v) is 10.9. The number of aliphatic hydroxyl groups is 1. The van der Waals surface area contributed by atoms with Crippen LogP contribution in [0.25, 0.3) is 0 Å². The minimum absolute atomic E-state index is 0.00886. The summed E-state index contributed by atoms with van der Waals surface area (Å²) < 4.78 is 47.7. The Labute approximate surface area is 171 Å². The monoisotopic (exact) mass is 430 g/mol. The van der Waals surface area contributed by atoms with Crippen LogP contribution in [0.1, 0.15) is 52.9 Å². The number of fused-ring (bicyclic) bond motifs is 3. The number of hydrogen-bond acceptors (Lipinski definition) is 7. The molecule has 0 aromatic heterocycles. The van der Waals surface area contributed by atoms with Gasteiger partial charge in [-0.2, -0.15) is 8.42 Å². The van der Waals surface area contributed by atoms with Gasteiger partial charge in [0, 0.05) is 5.41 Å². The highest BCUT2D eigenvalue weighted by Gasteiger charge is 2.65. The predicted molar refractivity (Wildman–Crippen MR) is 102 cm³/mol. The molecule has 0 spiro atoms. The zero-order chi connectivity index (χ0) is 21.2. The van der Waals surface area contributed by atoms with Crippen molar-refractivity contribution in [3.05, 3.63) is 11.6 Å². The maximum Gasteiger partial charge on any atom is 0.397 e. The first-order valence-corrected chi connectivity index (χ1v) is 11.6. The summed E-state index contributed by atoms with van der Waals surface area (Å²) in [5.74, 6) is -0.180. The Morgan fingerprint density at radius 2 is 1.93 bits per heavy atom. The van der Waals surface area contributed by atoms with Crippen molar-refractivity contribution in [3.63, 3.8) is 0 Å². The lowest BCUT2D eigenvalue weighted by Gasteiger charge is -2.61. The Hall–Kier alpha value is -1.00. The van der Waals surface area contributed by atoms with E-state index in [0.29, 0.717) is 18.4 Å². The molecular weight excluding hydrogens is 400 g/mol. The third kappa shape index (κ3) is 3.35. The molecule has 4 rings (SSSR count). The Kier molecular flexibility index (Phi) is 4.94. The fourth-order valence-corrected chi connectivity index (χ4v) is 7.19. The van der Waals surface area contributed by atoms with E-state index in [1.807, 2.05) is 6.92 Å². The normalized spacial score (nSPS) is 47.3. The molecule has 0 bridgehead atoms. The molecule has 0 aromatic carbocycles. The van der Waals surface area contributed by atoms with Gasteiger partial charge in [0.2, 0.25) is 0 Å². The molecule has 164 valence electrons. The first kappa shape index (κ1) is 21.2. The number of aliphatic hydroxyl groups excluding tert-OH is 1. The average Bonchev–Trinajstić information content (AvgIpc) is 3.20. The Balaban J connectivity index is 1.64. The van der Waals surface area contributed by atoms with Crippen LogP contribution in [0.3, 0.4) is 0 Å². The SMILES string of the molecule is C[C@]1(COS(=O)(=O)O)[C@H]2CC[C@]3(C)O[C@H](C4=CCOC4=O)C[C@H]3[C@]2(C)CC[C@H]1O.